The zero-order chi connectivity index (χ0) is 21.2. The molecule has 2 saturated heterocycles. The maximum absolute atomic E-state index is 5.53. The molecule has 2 aliphatic heterocycles. The SMILES string of the molecule is CCC(C)c1cc(N2CCCNCC2)cc2[s+]c3cc(N4CCOCC4)ccc3nc12. The summed E-state index contributed by atoms with van der Waals surface area (Å²) in [7, 11) is 0. The Balaban J connectivity index is 1.61. The fourth-order valence-electron chi connectivity index (χ4n) is 4.63. The summed E-state index contributed by atoms with van der Waals surface area (Å²) >= 11 is 1.89. The van der Waals surface area contributed by atoms with E-state index in [9.17, 15) is 0 Å². The molecule has 1 aromatic heterocycles. The second kappa shape index (κ2) is 9.23. The summed E-state index contributed by atoms with van der Waals surface area (Å²) < 4.78 is 8.10. The summed E-state index contributed by atoms with van der Waals surface area (Å²) in [5.41, 5.74) is 6.31. The molecule has 2 fully saturated rings. The van der Waals surface area contributed by atoms with Crippen LogP contribution in [0.3, 0.4) is 0 Å². The van der Waals surface area contributed by atoms with Crippen molar-refractivity contribution in [2.24, 2.45) is 0 Å². The van der Waals surface area contributed by atoms with Crippen LogP contribution in [0.15, 0.2) is 30.3 Å². The molecule has 1 atom stereocenters. The molecule has 0 bridgehead atoms. The van der Waals surface area contributed by atoms with Crippen molar-refractivity contribution in [3.8, 4) is 0 Å². The molecule has 5 rings (SSSR count). The number of aromatic nitrogens is 1. The first-order valence-electron chi connectivity index (χ1n) is 11.7. The maximum Gasteiger partial charge on any atom is 0.259 e. The number of fused-ring (bicyclic) bond motifs is 2. The van der Waals surface area contributed by atoms with Crippen LogP contribution in [-0.2, 0) is 4.74 Å². The Morgan fingerprint density at radius 3 is 2.65 bits per heavy atom. The molecule has 2 aliphatic rings. The van der Waals surface area contributed by atoms with Crippen LogP contribution in [0.25, 0.3) is 20.4 Å². The maximum atomic E-state index is 5.53. The van der Waals surface area contributed by atoms with Crippen LogP contribution in [0.1, 0.15) is 38.2 Å². The van der Waals surface area contributed by atoms with Crippen molar-refractivity contribution in [3.05, 3.63) is 35.9 Å². The topological polar surface area (TPSA) is 40.6 Å². The van der Waals surface area contributed by atoms with Gasteiger partial charge in [-0.1, -0.05) is 13.8 Å². The van der Waals surface area contributed by atoms with Crippen molar-refractivity contribution in [2.45, 2.75) is 32.6 Å². The van der Waals surface area contributed by atoms with E-state index in [2.05, 4.69) is 59.3 Å². The van der Waals surface area contributed by atoms with Gasteiger partial charge in [-0.3, -0.25) is 0 Å². The molecule has 0 spiro atoms. The zero-order valence-electron chi connectivity index (χ0n) is 18.7. The predicted molar refractivity (Wildman–Crippen MR) is 133 cm³/mol. The Hall–Kier alpha value is -2.02. The van der Waals surface area contributed by atoms with Gasteiger partial charge in [0.1, 0.15) is 11.0 Å². The van der Waals surface area contributed by atoms with Gasteiger partial charge in [0.25, 0.3) is 9.40 Å². The molecule has 1 unspecified atom stereocenters. The Labute approximate surface area is 189 Å². The molecule has 3 heterocycles. The molecule has 31 heavy (non-hydrogen) atoms. The van der Waals surface area contributed by atoms with Crippen LogP contribution in [-0.4, -0.2) is 57.5 Å². The third-order valence-electron chi connectivity index (χ3n) is 6.71. The van der Waals surface area contributed by atoms with Crippen LogP contribution >= 0.6 is 11.3 Å². The van der Waals surface area contributed by atoms with E-state index in [0.717, 1.165) is 64.4 Å². The highest BCUT2D eigenvalue weighted by Gasteiger charge is 2.23. The molecular formula is C25H33N4OS+. The number of rotatable bonds is 4. The van der Waals surface area contributed by atoms with Crippen molar-refractivity contribution in [2.75, 3.05) is 62.3 Å². The summed E-state index contributed by atoms with van der Waals surface area (Å²) in [5.74, 6) is 0.498. The van der Waals surface area contributed by atoms with E-state index in [4.69, 9.17) is 9.72 Å². The van der Waals surface area contributed by atoms with Gasteiger partial charge >= 0.3 is 0 Å². The summed E-state index contributed by atoms with van der Waals surface area (Å²) in [5, 5.41) is 3.53. The lowest BCUT2D eigenvalue weighted by molar-refractivity contribution is 0.122. The van der Waals surface area contributed by atoms with E-state index in [1.165, 1.54) is 38.3 Å². The van der Waals surface area contributed by atoms with Crippen molar-refractivity contribution < 1.29 is 4.74 Å². The van der Waals surface area contributed by atoms with Gasteiger partial charge < -0.3 is 19.9 Å². The number of nitrogens with zero attached hydrogens (tertiary/aromatic N) is 3. The highest BCUT2D eigenvalue weighted by atomic mass is 32.1. The van der Waals surface area contributed by atoms with Crippen LogP contribution in [0.2, 0.25) is 0 Å². The summed E-state index contributed by atoms with van der Waals surface area (Å²) in [6, 6.07) is 11.5. The van der Waals surface area contributed by atoms with Gasteiger partial charge in [-0.2, -0.15) is 0 Å². The molecular weight excluding hydrogens is 404 g/mol. The standard InChI is InChI=1S/C25H33N4OS/c1-3-18(2)21-15-20(28-9-4-7-26-8-10-28)17-24-25(21)27-22-6-5-19(16-23(22)31-24)29-11-13-30-14-12-29/h5-6,15-18,26H,3-4,7-14H2,1-2H3/q+1. The number of benzene rings is 2. The average molecular weight is 438 g/mol. The van der Waals surface area contributed by atoms with E-state index >= 15 is 0 Å². The minimum absolute atomic E-state index is 0.498. The summed E-state index contributed by atoms with van der Waals surface area (Å²) in [6.07, 6.45) is 2.32. The number of ether oxygens (including phenoxy) is 1. The van der Waals surface area contributed by atoms with Crippen molar-refractivity contribution >= 4 is 43.1 Å². The van der Waals surface area contributed by atoms with Crippen molar-refractivity contribution in [1.82, 2.24) is 10.3 Å². The first-order valence-corrected chi connectivity index (χ1v) is 12.5. The largest absolute Gasteiger partial charge is 0.378 e. The van der Waals surface area contributed by atoms with E-state index in [1.54, 1.807) is 0 Å². The van der Waals surface area contributed by atoms with Gasteiger partial charge in [-0.25, -0.2) is 4.98 Å². The highest BCUT2D eigenvalue weighted by Crippen LogP contribution is 2.37. The third kappa shape index (κ3) is 4.34. The first-order chi connectivity index (χ1) is 15.2. The Morgan fingerprint density at radius 2 is 1.81 bits per heavy atom. The van der Waals surface area contributed by atoms with Gasteiger partial charge in [0, 0.05) is 56.2 Å². The predicted octanol–water partition coefficient (Wildman–Crippen LogP) is 4.88. The van der Waals surface area contributed by atoms with E-state index < -0.39 is 0 Å². The van der Waals surface area contributed by atoms with Crippen LogP contribution < -0.4 is 15.1 Å². The van der Waals surface area contributed by atoms with Crippen LogP contribution in [0.4, 0.5) is 11.4 Å². The molecule has 0 amide bonds. The van der Waals surface area contributed by atoms with Gasteiger partial charge in [-0.05, 0) is 49.1 Å². The van der Waals surface area contributed by atoms with E-state index in [-0.39, 0.29) is 0 Å². The van der Waals surface area contributed by atoms with Crippen LogP contribution in [0, 0.1) is 0 Å². The fourth-order valence-corrected chi connectivity index (χ4v) is 5.70. The number of nitrogens with one attached hydrogen (secondary N) is 1. The molecule has 164 valence electrons. The van der Waals surface area contributed by atoms with E-state index in [0.29, 0.717) is 5.92 Å². The quantitative estimate of drug-likeness (QED) is 0.465. The summed E-state index contributed by atoms with van der Waals surface area (Å²) in [4.78, 5) is 10.1. The van der Waals surface area contributed by atoms with Crippen molar-refractivity contribution in [3.63, 3.8) is 0 Å². The lowest BCUT2D eigenvalue weighted by Crippen LogP contribution is -2.36. The zero-order valence-corrected chi connectivity index (χ0v) is 19.5. The number of hydrogen-bond donors (Lipinski definition) is 1. The van der Waals surface area contributed by atoms with E-state index in [1.807, 2.05) is 11.3 Å². The fraction of sp³-hybridized carbons (Fsp3) is 0.520. The number of hydrogen-bond acceptors (Lipinski definition) is 5. The number of morpholine rings is 1. The smallest absolute Gasteiger partial charge is 0.259 e. The first kappa shape index (κ1) is 20.9. The second-order valence-electron chi connectivity index (χ2n) is 8.75. The Kier molecular flexibility index (Phi) is 6.21. The van der Waals surface area contributed by atoms with Gasteiger partial charge in [-0.15, -0.1) is 0 Å². The lowest BCUT2D eigenvalue weighted by atomic mass is 9.96. The molecule has 0 aliphatic carbocycles. The second-order valence-corrected chi connectivity index (χ2v) is 9.83. The highest BCUT2D eigenvalue weighted by molar-refractivity contribution is 7.24. The van der Waals surface area contributed by atoms with Gasteiger partial charge in [0.15, 0.2) is 0 Å². The monoisotopic (exact) mass is 437 g/mol. The third-order valence-corrected chi connectivity index (χ3v) is 7.79. The normalized spacial score (nSPS) is 19.0. The molecule has 5 nitrogen and oxygen atoms in total. The molecule has 1 N–H and O–H groups in total. The Bertz CT molecular complexity index is 1060. The minimum Gasteiger partial charge on any atom is -0.378 e. The molecule has 2 aromatic carbocycles. The Morgan fingerprint density at radius 1 is 1.00 bits per heavy atom. The molecule has 6 heteroatoms. The molecule has 3 aromatic rings. The van der Waals surface area contributed by atoms with Gasteiger partial charge in [0.2, 0.25) is 11.3 Å². The summed E-state index contributed by atoms with van der Waals surface area (Å²) in [6.45, 7) is 12.5. The van der Waals surface area contributed by atoms with Gasteiger partial charge in [0.05, 0.1) is 13.2 Å². The average Bonchev–Trinajstić information content (AvgIpc) is 3.11. The van der Waals surface area contributed by atoms with Crippen LogP contribution in [0.5, 0.6) is 0 Å². The molecule has 0 radical (unpaired) electrons. The minimum atomic E-state index is 0.498. The van der Waals surface area contributed by atoms with Crippen molar-refractivity contribution in [1.29, 1.82) is 0 Å². The molecule has 0 saturated carbocycles. The lowest BCUT2D eigenvalue weighted by Gasteiger charge is -2.28. The number of anilines is 2.